The van der Waals surface area contributed by atoms with E-state index < -0.39 is 0 Å². The Morgan fingerprint density at radius 3 is 2.20 bits per heavy atom. The predicted octanol–water partition coefficient (Wildman–Crippen LogP) is 2.96. The first kappa shape index (κ1) is 14.0. The fourth-order valence-corrected chi connectivity index (χ4v) is 1.84. The van der Waals surface area contributed by atoms with E-state index in [0.29, 0.717) is 6.42 Å². The van der Waals surface area contributed by atoms with E-state index in [2.05, 4.69) is 10.5 Å². The zero-order valence-electron chi connectivity index (χ0n) is 11.3. The molecule has 20 heavy (non-hydrogen) atoms. The third kappa shape index (κ3) is 5.06. The van der Waals surface area contributed by atoms with Crippen LogP contribution in [0.5, 0.6) is 0 Å². The van der Waals surface area contributed by atoms with E-state index in [1.54, 1.807) is 6.21 Å². The molecule has 0 aliphatic heterocycles. The zero-order valence-corrected chi connectivity index (χ0v) is 11.3. The van der Waals surface area contributed by atoms with E-state index in [1.807, 2.05) is 60.7 Å². The first-order valence-electron chi connectivity index (χ1n) is 6.73. The topological polar surface area (TPSA) is 41.5 Å². The fraction of sp³-hybridized carbons (Fsp3) is 0.176. The van der Waals surface area contributed by atoms with Gasteiger partial charge in [-0.1, -0.05) is 60.7 Å². The maximum atomic E-state index is 11.6. The quantitative estimate of drug-likeness (QED) is 0.634. The second-order valence-electron chi connectivity index (χ2n) is 4.52. The SMILES string of the molecule is O=C(CCc1ccccc1)NN=CCc1ccccc1. The van der Waals surface area contributed by atoms with E-state index in [0.717, 1.165) is 18.4 Å². The molecule has 0 aromatic heterocycles. The number of aryl methyl sites for hydroxylation is 1. The highest BCUT2D eigenvalue weighted by Gasteiger charge is 1.99. The molecule has 2 aromatic rings. The molecule has 0 atom stereocenters. The van der Waals surface area contributed by atoms with Gasteiger partial charge in [0, 0.05) is 19.1 Å². The van der Waals surface area contributed by atoms with E-state index in [9.17, 15) is 4.79 Å². The van der Waals surface area contributed by atoms with Crippen molar-refractivity contribution in [1.29, 1.82) is 0 Å². The molecule has 0 saturated heterocycles. The summed E-state index contributed by atoms with van der Waals surface area (Å²) in [4.78, 5) is 11.6. The van der Waals surface area contributed by atoms with Crippen molar-refractivity contribution in [1.82, 2.24) is 5.43 Å². The number of amides is 1. The summed E-state index contributed by atoms with van der Waals surface area (Å²) < 4.78 is 0. The molecule has 0 saturated carbocycles. The van der Waals surface area contributed by atoms with Gasteiger partial charge in [0.05, 0.1) is 0 Å². The summed E-state index contributed by atoms with van der Waals surface area (Å²) in [7, 11) is 0. The lowest BCUT2D eigenvalue weighted by molar-refractivity contribution is -0.121. The lowest BCUT2D eigenvalue weighted by atomic mass is 10.1. The molecule has 0 radical (unpaired) electrons. The van der Waals surface area contributed by atoms with Crippen LogP contribution in [0.2, 0.25) is 0 Å². The van der Waals surface area contributed by atoms with Crippen LogP contribution in [0, 0.1) is 0 Å². The highest BCUT2D eigenvalue weighted by Crippen LogP contribution is 2.02. The van der Waals surface area contributed by atoms with Gasteiger partial charge in [-0.2, -0.15) is 5.10 Å². The first-order chi connectivity index (χ1) is 9.84. The van der Waals surface area contributed by atoms with Gasteiger partial charge in [0.15, 0.2) is 0 Å². The highest BCUT2D eigenvalue weighted by atomic mass is 16.2. The predicted molar refractivity (Wildman–Crippen MR) is 81.5 cm³/mol. The number of hydrogen-bond acceptors (Lipinski definition) is 2. The Kier molecular flexibility index (Phi) is 5.53. The molecule has 0 aliphatic rings. The number of hydrogen-bond donors (Lipinski definition) is 1. The van der Waals surface area contributed by atoms with Crippen molar-refractivity contribution in [2.24, 2.45) is 5.10 Å². The molecular weight excluding hydrogens is 248 g/mol. The van der Waals surface area contributed by atoms with Crippen molar-refractivity contribution in [2.45, 2.75) is 19.3 Å². The Bertz CT molecular complexity index is 550. The van der Waals surface area contributed by atoms with Gasteiger partial charge in [-0.05, 0) is 17.5 Å². The lowest BCUT2D eigenvalue weighted by Gasteiger charge is -2.00. The Balaban J connectivity index is 1.67. The average Bonchev–Trinajstić information content (AvgIpc) is 2.52. The molecule has 3 heteroatoms. The molecule has 1 N–H and O–H groups in total. The van der Waals surface area contributed by atoms with Gasteiger partial charge in [0.1, 0.15) is 0 Å². The Labute approximate surface area is 119 Å². The molecule has 2 aromatic carbocycles. The summed E-state index contributed by atoms with van der Waals surface area (Å²) in [6.45, 7) is 0. The Morgan fingerprint density at radius 1 is 0.950 bits per heavy atom. The van der Waals surface area contributed by atoms with E-state index in [1.165, 1.54) is 5.56 Å². The first-order valence-corrected chi connectivity index (χ1v) is 6.73. The zero-order chi connectivity index (χ0) is 14.0. The maximum absolute atomic E-state index is 11.6. The molecule has 1 amide bonds. The minimum Gasteiger partial charge on any atom is -0.273 e. The summed E-state index contributed by atoms with van der Waals surface area (Å²) in [5, 5.41) is 3.95. The molecule has 0 heterocycles. The van der Waals surface area contributed by atoms with Gasteiger partial charge in [-0.3, -0.25) is 4.79 Å². The van der Waals surface area contributed by atoms with Crippen LogP contribution in [0.25, 0.3) is 0 Å². The second kappa shape index (κ2) is 7.89. The van der Waals surface area contributed by atoms with Crippen LogP contribution in [0.3, 0.4) is 0 Å². The largest absolute Gasteiger partial charge is 0.273 e. The molecule has 3 nitrogen and oxygen atoms in total. The molecule has 0 bridgehead atoms. The van der Waals surface area contributed by atoms with Crippen LogP contribution in [0.15, 0.2) is 65.8 Å². The van der Waals surface area contributed by atoms with Crippen LogP contribution in [0.4, 0.5) is 0 Å². The minimum atomic E-state index is -0.0573. The summed E-state index contributed by atoms with van der Waals surface area (Å²) >= 11 is 0. The van der Waals surface area contributed by atoms with Crippen molar-refractivity contribution in [3.63, 3.8) is 0 Å². The summed E-state index contributed by atoms with van der Waals surface area (Å²) in [5.41, 5.74) is 4.89. The van der Waals surface area contributed by atoms with Crippen molar-refractivity contribution >= 4 is 12.1 Å². The van der Waals surface area contributed by atoms with E-state index in [-0.39, 0.29) is 5.91 Å². The molecular formula is C17H18N2O. The number of rotatable bonds is 6. The summed E-state index contributed by atoms with van der Waals surface area (Å²) in [6.07, 6.45) is 3.63. The molecule has 0 fully saturated rings. The van der Waals surface area contributed by atoms with Crippen LogP contribution in [-0.2, 0) is 17.6 Å². The van der Waals surface area contributed by atoms with Crippen molar-refractivity contribution in [3.05, 3.63) is 71.8 Å². The van der Waals surface area contributed by atoms with E-state index in [4.69, 9.17) is 0 Å². The molecule has 102 valence electrons. The van der Waals surface area contributed by atoms with Crippen LogP contribution in [-0.4, -0.2) is 12.1 Å². The fourth-order valence-electron chi connectivity index (χ4n) is 1.84. The highest BCUT2D eigenvalue weighted by molar-refractivity contribution is 5.77. The summed E-state index contributed by atoms with van der Waals surface area (Å²) in [6, 6.07) is 20.0. The molecule has 0 aliphatic carbocycles. The average molecular weight is 266 g/mol. The van der Waals surface area contributed by atoms with Gasteiger partial charge in [0.2, 0.25) is 5.91 Å². The Morgan fingerprint density at radius 2 is 1.55 bits per heavy atom. The number of hydrazone groups is 1. The van der Waals surface area contributed by atoms with Crippen LogP contribution < -0.4 is 5.43 Å². The number of nitrogens with zero attached hydrogens (tertiary/aromatic N) is 1. The number of carbonyl (C=O) groups excluding carboxylic acids is 1. The third-order valence-corrected chi connectivity index (χ3v) is 2.93. The standard InChI is InChI=1S/C17H18N2O/c20-17(12-11-15-7-3-1-4-8-15)19-18-14-13-16-9-5-2-6-10-16/h1-10,14H,11-13H2,(H,19,20). The van der Waals surface area contributed by atoms with Gasteiger partial charge >= 0.3 is 0 Å². The maximum Gasteiger partial charge on any atom is 0.240 e. The smallest absolute Gasteiger partial charge is 0.240 e. The Hall–Kier alpha value is -2.42. The van der Waals surface area contributed by atoms with Gasteiger partial charge in [0.25, 0.3) is 0 Å². The normalized spacial score (nSPS) is 10.6. The van der Waals surface area contributed by atoms with Crippen LogP contribution >= 0.6 is 0 Å². The minimum absolute atomic E-state index is 0.0573. The number of carbonyl (C=O) groups is 1. The van der Waals surface area contributed by atoms with E-state index >= 15 is 0 Å². The molecule has 0 unspecified atom stereocenters. The van der Waals surface area contributed by atoms with Gasteiger partial charge < -0.3 is 0 Å². The molecule has 0 spiro atoms. The lowest BCUT2D eigenvalue weighted by Crippen LogP contribution is -2.17. The number of nitrogens with one attached hydrogen (secondary N) is 1. The van der Waals surface area contributed by atoms with Crippen LogP contribution in [0.1, 0.15) is 17.5 Å². The summed E-state index contributed by atoms with van der Waals surface area (Å²) in [5.74, 6) is -0.0573. The number of benzene rings is 2. The van der Waals surface area contributed by atoms with Crippen molar-refractivity contribution < 1.29 is 4.79 Å². The third-order valence-electron chi connectivity index (χ3n) is 2.93. The molecule has 2 rings (SSSR count). The van der Waals surface area contributed by atoms with Crippen molar-refractivity contribution in [3.8, 4) is 0 Å². The second-order valence-corrected chi connectivity index (χ2v) is 4.52. The van der Waals surface area contributed by atoms with Gasteiger partial charge in [-0.25, -0.2) is 5.43 Å². The monoisotopic (exact) mass is 266 g/mol. The van der Waals surface area contributed by atoms with Gasteiger partial charge in [-0.15, -0.1) is 0 Å². The van der Waals surface area contributed by atoms with Crippen molar-refractivity contribution in [2.75, 3.05) is 0 Å².